The summed E-state index contributed by atoms with van der Waals surface area (Å²) in [5.41, 5.74) is 1.82. The van der Waals surface area contributed by atoms with Gasteiger partial charge in [-0.2, -0.15) is 0 Å². The molecule has 2 aromatic heterocycles. The molecule has 8 heteroatoms. The van der Waals surface area contributed by atoms with Gasteiger partial charge in [-0.3, -0.25) is 4.40 Å². The van der Waals surface area contributed by atoms with Crippen LogP contribution in [0.2, 0.25) is 0 Å². The van der Waals surface area contributed by atoms with Crippen molar-refractivity contribution in [2.24, 2.45) is 0 Å². The predicted octanol–water partition coefficient (Wildman–Crippen LogP) is 1.07. The van der Waals surface area contributed by atoms with Crippen LogP contribution in [0.3, 0.4) is 0 Å². The molecule has 0 radical (unpaired) electrons. The van der Waals surface area contributed by atoms with Gasteiger partial charge >= 0.3 is 5.97 Å². The van der Waals surface area contributed by atoms with Crippen molar-refractivity contribution in [1.29, 1.82) is 0 Å². The van der Waals surface area contributed by atoms with Crippen molar-refractivity contribution in [2.45, 2.75) is 13.5 Å². The summed E-state index contributed by atoms with van der Waals surface area (Å²) in [7, 11) is -3.02. The third kappa shape index (κ3) is 4.28. The number of sulfone groups is 1. The zero-order valence-electron chi connectivity index (χ0n) is 12.5. The number of imidazole rings is 1. The van der Waals surface area contributed by atoms with E-state index in [0.717, 1.165) is 5.56 Å². The molecule has 0 aliphatic rings. The van der Waals surface area contributed by atoms with Gasteiger partial charge < -0.3 is 9.47 Å². The summed E-state index contributed by atoms with van der Waals surface area (Å²) in [4.78, 5) is 15.9. The fourth-order valence-corrected chi connectivity index (χ4v) is 2.29. The molecule has 120 valence electrons. The quantitative estimate of drug-likeness (QED) is 0.559. The van der Waals surface area contributed by atoms with E-state index in [1.54, 1.807) is 29.7 Å². The topological polar surface area (TPSA) is 87.0 Å². The van der Waals surface area contributed by atoms with Crippen LogP contribution in [-0.2, 0) is 25.9 Å². The van der Waals surface area contributed by atoms with Gasteiger partial charge in [0.2, 0.25) is 0 Å². The number of rotatable bonds is 7. The van der Waals surface area contributed by atoms with Crippen LogP contribution < -0.4 is 0 Å². The molecule has 2 aromatic rings. The molecule has 0 atom stereocenters. The van der Waals surface area contributed by atoms with Gasteiger partial charge in [0, 0.05) is 12.5 Å². The molecule has 0 saturated carbocycles. The first-order valence-corrected chi connectivity index (χ1v) is 8.85. The van der Waals surface area contributed by atoms with Gasteiger partial charge in [0.1, 0.15) is 15.5 Å². The van der Waals surface area contributed by atoms with Gasteiger partial charge in [-0.15, -0.1) is 0 Å². The van der Waals surface area contributed by atoms with Gasteiger partial charge in [-0.05, 0) is 24.6 Å². The molecule has 0 aliphatic carbocycles. The molecule has 0 spiro atoms. The lowest BCUT2D eigenvalue weighted by atomic mass is 10.3. The molecule has 0 fully saturated rings. The maximum Gasteiger partial charge on any atom is 0.356 e. The Kier molecular flexibility index (Phi) is 5.15. The average molecular weight is 326 g/mol. The van der Waals surface area contributed by atoms with Crippen LogP contribution in [0, 0.1) is 0 Å². The molecule has 0 aliphatic heterocycles. The van der Waals surface area contributed by atoms with Crippen molar-refractivity contribution in [3.63, 3.8) is 0 Å². The van der Waals surface area contributed by atoms with Gasteiger partial charge in [0.05, 0.1) is 31.8 Å². The van der Waals surface area contributed by atoms with Gasteiger partial charge in [0.25, 0.3) is 0 Å². The Hall–Kier alpha value is -1.93. The number of esters is 1. The second-order valence-electron chi connectivity index (χ2n) is 4.81. The Bertz CT molecular complexity index is 767. The molecule has 0 unspecified atom stereocenters. The fraction of sp³-hybridized carbons (Fsp3) is 0.429. The number of fused-ring (bicyclic) bond motifs is 1. The van der Waals surface area contributed by atoms with E-state index in [2.05, 4.69) is 4.98 Å². The third-order valence-electron chi connectivity index (χ3n) is 2.93. The Balaban J connectivity index is 2.04. The summed E-state index contributed by atoms with van der Waals surface area (Å²) in [6.45, 7) is 2.48. The summed E-state index contributed by atoms with van der Waals surface area (Å²) in [5.74, 6) is -0.432. The highest BCUT2D eigenvalue weighted by atomic mass is 32.2. The van der Waals surface area contributed by atoms with E-state index < -0.39 is 15.8 Å². The number of ether oxygens (including phenoxy) is 2. The van der Waals surface area contributed by atoms with Crippen molar-refractivity contribution in [3.05, 3.63) is 35.8 Å². The highest BCUT2D eigenvalue weighted by Crippen LogP contribution is 2.11. The summed E-state index contributed by atoms with van der Waals surface area (Å²) in [6, 6.07) is 3.57. The van der Waals surface area contributed by atoms with E-state index >= 15 is 0 Å². The number of hydrogen-bond donors (Lipinski definition) is 0. The van der Waals surface area contributed by atoms with Crippen LogP contribution >= 0.6 is 0 Å². The second kappa shape index (κ2) is 6.89. The summed E-state index contributed by atoms with van der Waals surface area (Å²) in [6.07, 6.45) is 4.34. The number of carbonyl (C=O) groups is 1. The Morgan fingerprint density at radius 1 is 1.41 bits per heavy atom. The molecule has 0 saturated heterocycles. The van der Waals surface area contributed by atoms with Crippen molar-refractivity contribution < 1.29 is 22.7 Å². The lowest BCUT2D eigenvalue weighted by Crippen LogP contribution is -2.10. The second-order valence-corrected chi connectivity index (χ2v) is 7.07. The average Bonchev–Trinajstić information content (AvgIpc) is 2.86. The van der Waals surface area contributed by atoms with E-state index in [-0.39, 0.29) is 19.0 Å². The minimum atomic E-state index is -3.02. The maximum absolute atomic E-state index is 11.7. The Morgan fingerprint density at radius 2 is 2.18 bits per heavy atom. The largest absolute Gasteiger partial charge is 0.461 e. The van der Waals surface area contributed by atoms with Crippen LogP contribution in [0.1, 0.15) is 23.0 Å². The molecule has 2 heterocycles. The molecule has 0 bridgehead atoms. The zero-order chi connectivity index (χ0) is 16.2. The van der Waals surface area contributed by atoms with Crippen LogP contribution in [-0.4, -0.2) is 49.0 Å². The Morgan fingerprint density at radius 3 is 2.86 bits per heavy atom. The van der Waals surface area contributed by atoms with E-state index in [1.165, 1.54) is 12.5 Å². The maximum atomic E-state index is 11.7. The van der Waals surface area contributed by atoms with Gasteiger partial charge in [-0.25, -0.2) is 18.2 Å². The molecule has 0 aromatic carbocycles. The lowest BCUT2D eigenvalue weighted by Gasteiger charge is -2.05. The monoisotopic (exact) mass is 326 g/mol. The van der Waals surface area contributed by atoms with Crippen molar-refractivity contribution >= 4 is 21.5 Å². The standard InChI is InChI=1S/C14H18N2O5S/c1-3-21-14(17)12-9-15-13-8-11(4-5-16(12)13)10-20-6-7-22(2,18)19/h4-5,8-9H,3,6-7,10H2,1-2H3. The van der Waals surface area contributed by atoms with Crippen LogP contribution in [0.5, 0.6) is 0 Å². The zero-order valence-corrected chi connectivity index (χ0v) is 13.3. The summed E-state index contributed by atoms with van der Waals surface area (Å²) < 4.78 is 33.9. The van der Waals surface area contributed by atoms with Crippen LogP contribution in [0.4, 0.5) is 0 Å². The molecule has 0 N–H and O–H groups in total. The molecular weight excluding hydrogens is 308 g/mol. The first-order chi connectivity index (χ1) is 10.4. The van der Waals surface area contributed by atoms with E-state index in [1.807, 2.05) is 0 Å². The summed E-state index contributed by atoms with van der Waals surface area (Å²) in [5, 5.41) is 0. The number of carbonyl (C=O) groups excluding carboxylic acids is 1. The Labute approximate surface area is 128 Å². The fourth-order valence-electron chi connectivity index (χ4n) is 1.87. The highest BCUT2D eigenvalue weighted by molar-refractivity contribution is 7.90. The minimum absolute atomic E-state index is 0.00831. The molecular formula is C14H18N2O5S. The van der Waals surface area contributed by atoms with Gasteiger partial charge in [-0.1, -0.05) is 0 Å². The smallest absolute Gasteiger partial charge is 0.356 e. The summed E-state index contributed by atoms with van der Waals surface area (Å²) >= 11 is 0. The van der Waals surface area contributed by atoms with Gasteiger partial charge in [0.15, 0.2) is 5.69 Å². The molecule has 22 heavy (non-hydrogen) atoms. The first kappa shape index (κ1) is 16.4. The number of hydrogen-bond acceptors (Lipinski definition) is 6. The normalized spacial score (nSPS) is 11.7. The molecule has 7 nitrogen and oxygen atoms in total. The number of pyridine rings is 1. The predicted molar refractivity (Wildman–Crippen MR) is 80.5 cm³/mol. The van der Waals surface area contributed by atoms with Crippen LogP contribution in [0.15, 0.2) is 24.5 Å². The lowest BCUT2D eigenvalue weighted by molar-refractivity contribution is 0.0518. The van der Waals surface area contributed by atoms with E-state index in [9.17, 15) is 13.2 Å². The molecule has 0 amide bonds. The minimum Gasteiger partial charge on any atom is -0.461 e. The van der Waals surface area contributed by atoms with Crippen molar-refractivity contribution in [2.75, 3.05) is 25.2 Å². The van der Waals surface area contributed by atoms with Crippen molar-refractivity contribution in [1.82, 2.24) is 9.38 Å². The van der Waals surface area contributed by atoms with E-state index in [4.69, 9.17) is 9.47 Å². The third-order valence-corrected chi connectivity index (χ3v) is 3.84. The van der Waals surface area contributed by atoms with Crippen molar-refractivity contribution in [3.8, 4) is 0 Å². The highest BCUT2D eigenvalue weighted by Gasteiger charge is 2.13. The van der Waals surface area contributed by atoms with E-state index in [0.29, 0.717) is 17.9 Å². The number of aromatic nitrogens is 2. The SMILES string of the molecule is CCOC(=O)c1cnc2cc(COCCS(C)(=O)=O)ccn12. The number of nitrogens with zero attached hydrogens (tertiary/aromatic N) is 2. The molecule has 2 rings (SSSR count). The first-order valence-electron chi connectivity index (χ1n) is 6.79. The van der Waals surface area contributed by atoms with Crippen LogP contribution in [0.25, 0.3) is 5.65 Å².